The number of amides is 1. The number of halogens is 3. The minimum absolute atomic E-state index is 0.117. The number of carbonyl (C=O) groups excluding carboxylic acids is 1. The van der Waals surface area contributed by atoms with Gasteiger partial charge >= 0.3 is 0 Å². The quantitative estimate of drug-likeness (QED) is 0.507. The van der Waals surface area contributed by atoms with Gasteiger partial charge in [0.15, 0.2) is 5.16 Å². The number of alkyl halides is 2. The van der Waals surface area contributed by atoms with E-state index in [0.717, 1.165) is 11.3 Å². The van der Waals surface area contributed by atoms with Crippen molar-refractivity contribution in [2.75, 3.05) is 11.1 Å². The van der Waals surface area contributed by atoms with Crippen molar-refractivity contribution in [3.05, 3.63) is 59.4 Å². The molecule has 5 nitrogen and oxygen atoms in total. The first-order valence-corrected chi connectivity index (χ1v) is 10.3. The second kappa shape index (κ2) is 9.40. The van der Waals surface area contributed by atoms with Crippen molar-refractivity contribution in [3.63, 3.8) is 0 Å². The molecule has 0 unspecified atom stereocenters. The largest absolute Gasteiger partial charge is 0.325 e. The Morgan fingerprint density at radius 2 is 2.00 bits per heavy atom. The summed E-state index contributed by atoms with van der Waals surface area (Å²) in [5.41, 5.74) is 2.30. The van der Waals surface area contributed by atoms with Gasteiger partial charge in [-0.25, -0.2) is 0 Å². The summed E-state index contributed by atoms with van der Waals surface area (Å²) in [6.45, 7) is 1.91. The topological polar surface area (TPSA) is 59.8 Å². The zero-order valence-corrected chi connectivity index (χ0v) is 17.0. The molecule has 0 aliphatic rings. The first kappa shape index (κ1) is 20.6. The van der Waals surface area contributed by atoms with E-state index in [0.29, 0.717) is 32.5 Å². The van der Waals surface area contributed by atoms with Gasteiger partial charge in [-0.05, 0) is 48.9 Å². The molecule has 3 rings (SSSR count). The van der Waals surface area contributed by atoms with Gasteiger partial charge in [0.1, 0.15) is 6.33 Å². The first-order chi connectivity index (χ1) is 13.4. The number of aryl methyl sites for hydroxylation is 1. The fraction of sp³-hybridized carbons (Fsp3) is 0.167. The highest BCUT2D eigenvalue weighted by Crippen LogP contribution is 2.27. The summed E-state index contributed by atoms with van der Waals surface area (Å²) in [6, 6.07) is 11.9. The number of hydrogen-bond acceptors (Lipinski definition) is 5. The molecule has 0 bridgehead atoms. The Morgan fingerprint density at radius 1 is 1.25 bits per heavy atom. The lowest BCUT2D eigenvalue weighted by Gasteiger charge is -2.08. The molecule has 2 aromatic carbocycles. The van der Waals surface area contributed by atoms with Crippen molar-refractivity contribution < 1.29 is 13.6 Å². The van der Waals surface area contributed by atoms with E-state index in [4.69, 9.17) is 11.6 Å². The minimum Gasteiger partial charge on any atom is -0.325 e. The summed E-state index contributed by atoms with van der Waals surface area (Å²) >= 11 is 7.86. The normalized spacial score (nSPS) is 11.0. The number of thioether (sulfide) groups is 2. The highest BCUT2D eigenvalue weighted by molar-refractivity contribution is 8.00. The second-order valence-corrected chi connectivity index (χ2v) is 8.07. The van der Waals surface area contributed by atoms with Crippen LogP contribution in [0.2, 0.25) is 5.02 Å². The van der Waals surface area contributed by atoms with E-state index in [1.807, 2.05) is 25.1 Å². The molecular formula is C18H15ClF2N4OS2. The van der Waals surface area contributed by atoms with Crippen LogP contribution in [0.25, 0.3) is 5.69 Å². The molecule has 0 aliphatic carbocycles. The maximum atomic E-state index is 12.3. The Bertz CT molecular complexity index is 966. The predicted molar refractivity (Wildman–Crippen MR) is 109 cm³/mol. The molecule has 0 fully saturated rings. The zero-order valence-electron chi connectivity index (χ0n) is 14.6. The number of nitrogens with one attached hydrogen (secondary N) is 1. The van der Waals surface area contributed by atoms with Crippen LogP contribution >= 0.6 is 35.1 Å². The van der Waals surface area contributed by atoms with E-state index in [2.05, 4.69) is 15.5 Å². The van der Waals surface area contributed by atoms with Crippen molar-refractivity contribution in [1.29, 1.82) is 0 Å². The summed E-state index contributed by atoms with van der Waals surface area (Å²) in [5, 5.41) is 11.9. The molecule has 146 valence electrons. The molecule has 1 amide bonds. The number of carbonyl (C=O) groups is 1. The standard InChI is InChI=1S/C18H15ClF2N4OS2/c1-11-2-5-13(8-15(11)19)25-10-22-24-18(25)27-9-16(26)23-12-3-6-14(7-4-12)28-17(20)21/h2-8,10,17H,9H2,1H3,(H,23,26). The first-order valence-electron chi connectivity index (χ1n) is 8.06. The molecule has 0 atom stereocenters. The SMILES string of the molecule is Cc1ccc(-n2cnnc2SCC(=O)Nc2ccc(SC(F)F)cc2)cc1Cl. The van der Waals surface area contributed by atoms with Gasteiger partial charge in [0.25, 0.3) is 5.76 Å². The van der Waals surface area contributed by atoms with E-state index < -0.39 is 5.76 Å². The monoisotopic (exact) mass is 440 g/mol. The predicted octanol–water partition coefficient (Wildman–Crippen LogP) is 5.27. The summed E-state index contributed by atoms with van der Waals surface area (Å²) in [6.07, 6.45) is 1.56. The summed E-state index contributed by atoms with van der Waals surface area (Å²) in [4.78, 5) is 12.6. The van der Waals surface area contributed by atoms with Crippen LogP contribution in [0.3, 0.4) is 0 Å². The average molecular weight is 441 g/mol. The highest BCUT2D eigenvalue weighted by Gasteiger charge is 2.12. The van der Waals surface area contributed by atoms with Crippen LogP contribution in [-0.4, -0.2) is 32.2 Å². The molecule has 3 aromatic rings. The van der Waals surface area contributed by atoms with Crippen LogP contribution in [-0.2, 0) is 4.79 Å². The van der Waals surface area contributed by atoms with Gasteiger partial charge in [-0.2, -0.15) is 8.78 Å². The van der Waals surface area contributed by atoms with Crippen LogP contribution in [0, 0.1) is 6.92 Å². The molecule has 28 heavy (non-hydrogen) atoms. The highest BCUT2D eigenvalue weighted by atomic mass is 35.5. The number of nitrogens with zero attached hydrogens (tertiary/aromatic N) is 3. The molecule has 0 spiro atoms. The lowest BCUT2D eigenvalue weighted by molar-refractivity contribution is -0.113. The zero-order chi connectivity index (χ0) is 20.1. The van der Waals surface area contributed by atoms with E-state index in [1.165, 1.54) is 23.9 Å². The van der Waals surface area contributed by atoms with Gasteiger partial charge in [0, 0.05) is 15.6 Å². The van der Waals surface area contributed by atoms with Crippen LogP contribution < -0.4 is 5.32 Å². The Morgan fingerprint density at radius 3 is 2.68 bits per heavy atom. The van der Waals surface area contributed by atoms with Gasteiger partial charge in [-0.15, -0.1) is 10.2 Å². The van der Waals surface area contributed by atoms with Gasteiger partial charge in [0.2, 0.25) is 5.91 Å². The van der Waals surface area contributed by atoms with Crippen LogP contribution in [0.4, 0.5) is 14.5 Å². The maximum absolute atomic E-state index is 12.3. The molecule has 10 heteroatoms. The number of rotatable bonds is 7. The summed E-state index contributed by atoms with van der Waals surface area (Å²) in [7, 11) is 0. The summed E-state index contributed by atoms with van der Waals surface area (Å²) < 4.78 is 26.4. The van der Waals surface area contributed by atoms with Crippen molar-refractivity contribution in [3.8, 4) is 5.69 Å². The maximum Gasteiger partial charge on any atom is 0.288 e. The number of aromatic nitrogens is 3. The third-order valence-corrected chi connectivity index (χ3v) is 5.72. The molecule has 1 N–H and O–H groups in total. The Kier molecular flexibility index (Phi) is 6.93. The Hall–Kier alpha value is -2.10. The number of hydrogen-bond donors (Lipinski definition) is 1. The third-order valence-electron chi connectivity index (χ3n) is 3.65. The third kappa shape index (κ3) is 5.46. The van der Waals surface area contributed by atoms with Crippen LogP contribution in [0.15, 0.2) is 58.8 Å². The molecule has 0 aliphatic heterocycles. The summed E-state index contributed by atoms with van der Waals surface area (Å²) in [5.74, 6) is -2.60. The fourth-order valence-electron chi connectivity index (χ4n) is 2.28. The van der Waals surface area contributed by atoms with Gasteiger partial charge in [-0.1, -0.05) is 41.2 Å². The Balaban J connectivity index is 1.59. The van der Waals surface area contributed by atoms with Crippen molar-refractivity contribution in [2.24, 2.45) is 0 Å². The van der Waals surface area contributed by atoms with E-state index in [1.54, 1.807) is 23.0 Å². The van der Waals surface area contributed by atoms with E-state index in [9.17, 15) is 13.6 Å². The number of benzene rings is 2. The van der Waals surface area contributed by atoms with E-state index in [-0.39, 0.29) is 11.7 Å². The van der Waals surface area contributed by atoms with Gasteiger partial charge in [0.05, 0.1) is 11.4 Å². The average Bonchev–Trinajstić information content (AvgIpc) is 3.12. The number of anilines is 1. The lowest BCUT2D eigenvalue weighted by Crippen LogP contribution is -2.14. The minimum atomic E-state index is -2.47. The lowest BCUT2D eigenvalue weighted by atomic mass is 10.2. The van der Waals surface area contributed by atoms with Crippen LogP contribution in [0.1, 0.15) is 5.56 Å². The van der Waals surface area contributed by atoms with Crippen molar-refractivity contribution in [1.82, 2.24) is 14.8 Å². The van der Waals surface area contributed by atoms with E-state index >= 15 is 0 Å². The smallest absolute Gasteiger partial charge is 0.288 e. The molecule has 0 radical (unpaired) electrons. The van der Waals surface area contributed by atoms with Crippen molar-refractivity contribution >= 4 is 46.7 Å². The molecular weight excluding hydrogens is 426 g/mol. The van der Waals surface area contributed by atoms with Crippen molar-refractivity contribution in [2.45, 2.75) is 22.7 Å². The van der Waals surface area contributed by atoms with Gasteiger partial charge < -0.3 is 5.32 Å². The molecule has 1 aromatic heterocycles. The second-order valence-electron chi connectivity index (χ2n) is 5.66. The Labute approximate surface area is 173 Å². The molecule has 0 saturated heterocycles. The molecule has 1 heterocycles. The van der Waals surface area contributed by atoms with Crippen LogP contribution in [0.5, 0.6) is 0 Å². The molecule has 0 saturated carbocycles. The van der Waals surface area contributed by atoms with Gasteiger partial charge in [-0.3, -0.25) is 9.36 Å². The fourth-order valence-corrected chi connectivity index (χ4v) is 3.68.